The molecule has 1 saturated heterocycles. The summed E-state index contributed by atoms with van der Waals surface area (Å²) in [6.45, 7) is 3.74. The van der Waals surface area contributed by atoms with Crippen LogP contribution in [0.5, 0.6) is 0 Å². The molecule has 0 saturated carbocycles. The maximum absolute atomic E-state index is 12.6. The predicted octanol–water partition coefficient (Wildman–Crippen LogP) is 0.672. The second kappa shape index (κ2) is 8.27. The van der Waals surface area contributed by atoms with Crippen molar-refractivity contribution in [3.8, 4) is 0 Å². The Morgan fingerprint density at radius 3 is 2.58 bits per heavy atom. The molecule has 1 aromatic heterocycles. The highest BCUT2D eigenvalue weighted by molar-refractivity contribution is 5.87. The third kappa shape index (κ3) is 4.78. The molecule has 1 fully saturated rings. The van der Waals surface area contributed by atoms with Gasteiger partial charge in [0.1, 0.15) is 5.60 Å². The first kappa shape index (κ1) is 19.8. The highest BCUT2D eigenvalue weighted by atomic mass is 16.5. The monoisotopic (exact) mass is 363 g/mol. The Hall–Kier alpha value is -2.48. The molecule has 2 amide bonds. The molecule has 0 radical (unpaired) electrons. The number of hydrogen-bond acceptors (Lipinski definition) is 5. The molecule has 2 N–H and O–H groups in total. The highest BCUT2D eigenvalue weighted by Crippen LogP contribution is 2.25. The quantitative estimate of drug-likeness (QED) is 0.769. The Balaban J connectivity index is 2.07. The third-order valence-electron chi connectivity index (χ3n) is 4.65. The first-order chi connectivity index (χ1) is 12.2. The Morgan fingerprint density at radius 2 is 2.00 bits per heavy atom. The van der Waals surface area contributed by atoms with Crippen LogP contribution in [0.3, 0.4) is 0 Å². The number of carboxylic acid groups (broad SMARTS) is 1. The number of aromatic nitrogens is 1. The van der Waals surface area contributed by atoms with E-state index in [1.807, 2.05) is 6.07 Å². The molecule has 2 heterocycles. The smallest absolute Gasteiger partial charge is 0.308 e. The van der Waals surface area contributed by atoms with Crippen LogP contribution in [0.25, 0.3) is 0 Å². The average molecular weight is 363 g/mol. The minimum Gasteiger partial charge on any atom is -0.481 e. The SMILES string of the molecule is COC(C)(C)C(=O)N1C[C@H](C(=O)O)C[C@@H](C(=O)NCc2ccccn2)C1. The van der Waals surface area contributed by atoms with Gasteiger partial charge in [0.05, 0.1) is 24.1 Å². The highest BCUT2D eigenvalue weighted by Gasteiger charge is 2.41. The van der Waals surface area contributed by atoms with Crippen LogP contribution in [-0.2, 0) is 25.7 Å². The number of pyridine rings is 1. The molecule has 0 unspecified atom stereocenters. The predicted molar refractivity (Wildman–Crippen MR) is 93.0 cm³/mol. The number of amides is 2. The zero-order valence-electron chi connectivity index (χ0n) is 15.3. The van der Waals surface area contributed by atoms with Crippen molar-refractivity contribution in [2.75, 3.05) is 20.2 Å². The van der Waals surface area contributed by atoms with Gasteiger partial charge in [0.25, 0.3) is 5.91 Å². The summed E-state index contributed by atoms with van der Waals surface area (Å²) in [5.74, 6) is -3.00. The van der Waals surface area contributed by atoms with E-state index in [-0.39, 0.29) is 37.9 Å². The molecule has 8 heteroatoms. The van der Waals surface area contributed by atoms with Crippen molar-refractivity contribution in [2.45, 2.75) is 32.4 Å². The van der Waals surface area contributed by atoms with Gasteiger partial charge >= 0.3 is 5.97 Å². The van der Waals surface area contributed by atoms with E-state index in [9.17, 15) is 19.5 Å². The Bertz CT molecular complexity index is 662. The van der Waals surface area contributed by atoms with Gasteiger partial charge in [-0.25, -0.2) is 0 Å². The van der Waals surface area contributed by atoms with Gasteiger partial charge in [-0.05, 0) is 32.4 Å². The van der Waals surface area contributed by atoms with E-state index in [0.717, 1.165) is 0 Å². The zero-order valence-corrected chi connectivity index (χ0v) is 15.3. The molecule has 8 nitrogen and oxygen atoms in total. The summed E-state index contributed by atoms with van der Waals surface area (Å²) in [5, 5.41) is 12.2. The number of piperidine rings is 1. The first-order valence-electron chi connectivity index (χ1n) is 8.49. The van der Waals surface area contributed by atoms with E-state index in [1.54, 1.807) is 32.2 Å². The topological polar surface area (TPSA) is 109 Å². The standard InChI is InChI=1S/C18H25N3O5/c1-18(2,26-3)17(25)21-10-12(8-13(11-21)16(23)24)15(22)20-9-14-6-4-5-7-19-14/h4-7,12-13H,8-11H2,1-3H3,(H,20,22)(H,23,24)/t12-,13-/m1/s1. The van der Waals surface area contributed by atoms with Gasteiger partial charge in [0.15, 0.2) is 0 Å². The lowest BCUT2D eigenvalue weighted by Crippen LogP contribution is -2.55. The van der Waals surface area contributed by atoms with Crippen LogP contribution in [-0.4, -0.2) is 58.6 Å². The first-order valence-corrected chi connectivity index (χ1v) is 8.49. The molecule has 1 aliphatic rings. The lowest BCUT2D eigenvalue weighted by molar-refractivity contribution is -0.158. The van der Waals surface area contributed by atoms with Gasteiger partial charge in [0, 0.05) is 26.4 Å². The second-order valence-corrected chi connectivity index (χ2v) is 6.93. The molecule has 2 atom stereocenters. The van der Waals surface area contributed by atoms with E-state index in [2.05, 4.69) is 10.3 Å². The Kier molecular flexibility index (Phi) is 6.31. The van der Waals surface area contributed by atoms with Crippen molar-refractivity contribution in [3.05, 3.63) is 30.1 Å². The summed E-state index contributed by atoms with van der Waals surface area (Å²) in [6, 6.07) is 5.39. The number of nitrogens with zero attached hydrogens (tertiary/aromatic N) is 2. The van der Waals surface area contributed by atoms with Gasteiger partial charge in [-0.2, -0.15) is 0 Å². The van der Waals surface area contributed by atoms with Crippen molar-refractivity contribution in [1.29, 1.82) is 0 Å². The zero-order chi connectivity index (χ0) is 19.3. The summed E-state index contributed by atoms with van der Waals surface area (Å²) in [7, 11) is 1.42. The number of likely N-dealkylation sites (tertiary alicyclic amines) is 1. The van der Waals surface area contributed by atoms with Gasteiger partial charge in [-0.1, -0.05) is 6.07 Å². The number of carboxylic acids is 1. The summed E-state index contributed by atoms with van der Waals surface area (Å²) in [6.07, 6.45) is 1.83. The fraction of sp³-hybridized carbons (Fsp3) is 0.556. The number of hydrogen-bond donors (Lipinski definition) is 2. The maximum atomic E-state index is 12.6. The van der Waals surface area contributed by atoms with Crippen LogP contribution in [0.1, 0.15) is 26.0 Å². The molecule has 1 aromatic rings. The molecule has 2 rings (SSSR count). The van der Waals surface area contributed by atoms with Gasteiger partial charge in [0.2, 0.25) is 5.91 Å². The average Bonchev–Trinajstić information content (AvgIpc) is 2.65. The summed E-state index contributed by atoms with van der Waals surface area (Å²) < 4.78 is 5.20. The minimum absolute atomic E-state index is 0.0744. The fourth-order valence-corrected chi connectivity index (χ4v) is 2.93. The molecule has 0 aromatic carbocycles. The molecular weight excluding hydrogens is 338 g/mol. The van der Waals surface area contributed by atoms with Crippen molar-refractivity contribution in [1.82, 2.24) is 15.2 Å². The lowest BCUT2D eigenvalue weighted by atomic mass is 9.87. The summed E-state index contributed by atoms with van der Waals surface area (Å²) in [4.78, 5) is 42.2. The summed E-state index contributed by atoms with van der Waals surface area (Å²) >= 11 is 0. The van der Waals surface area contributed by atoms with E-state index >= 15 is 0 Å². The number of carbonyl (C=O) groups is 3. The molecule has 0 bridgehead atoms. The molecule has 26 heavy (non-hydrogen) atoms. The number of carbonyl (C=O) groups excluding carboxylic acids is 2. The number of aliphatic carboxylic acids is 1. The fourth-order valence-electron chi connectivity index (χ4n) is 2.93. The van der Waals surface area contributed by atoms with E-state index in [4.69, 9.17) is 4.74 Å². The van der Waals surface area contributed by atoms with Crippen LogP contribution in [0.4, 0.5) is 0 Å². The number of methoxy groups -OCH3 is 1. The molecular formula is C18H25N3O5. The number of rotatable bonds is 6. The van der Waals surface area contributed by atoms with Crippen molar-refractivity contribution >= 4 is 17.8 Å². The third-order valence-corrected chi connectivity index (χ3v) is 4.65. The van der Waals surface area contributed by atoms with E-state index in [0.29, 0.717) is 5.69 Å². The number of nitrogens with one attached hydrogen (secondary N) is 1. The van der Waals surface area contributed by atoms with Crippen LogP contribution < -0.4 is 5.32 Å². The molecule has 0 aliphatic carbocycles. The minimum atomic E-state index is -1.07. The Morgan fingerprint density at radius 1 is 1.31 bits per heavy atom. The van der Waals surface area contributed by atoms with E-state index < -0.39 is 23.4 Å². The summed E-state index contributed by atoms with van der Waals surface area (Å²) in [5.41, 5.74) is -0.366. The molecule has 1 aliphatic heterocycles. The normalized spacial score (nSPS) is 20.5. The van der Waals surface area contributed by atoms with E-state index in [1.165, 1.54) is 12.0 Å². The lowest BCUT2D eigenvalue weighted by Gasteiger charge is -2.38. The largest absolute Gasteiger partial charge is 0.481 e. The molecule has 142 valence electrons. The maximum Gasteiger partial charge on any atom is 0.308 e. The van der Waals surface area contributed by atoms with Crippen molar-refractivity contribution in [2.24, 2.45) is 11.8 Å². The van der Waals surface area contributed by atoms with Crippen LogP contribution in [0.2, 0.25) is 0 Å². The molecule has 0 spiro atoms. The Labute approximate surface area is 152 Å². The van der Waals surface area contributed by atoms with Gasteiger partial charge in [-0.15, -0.1) is 0 Å². The number of ether oxygens (including phenoxy) is 1. The van der Waals surface area contributed by atoms with Gasteiger partial charge < -0.3 is 20.1 Å². The van der Waals surface area contributed by atoms with Crippen LogP contribution in [0, 0.1) is 11.8 Å². The van der Waals surface area contributed by atoms with Crippen LogP contribution >= 0.6 is 0 Å². The van der Waals surface area contributed by atoms with Crippen molar-refractivity contribution < 1.29 is 24.2 Å². The van der Waals surface area contributed by atoms with Gasteiger partial charge in [-0.3, -0.25) is 19.4 Å². The van der Waals surface area contributed by atoms with Crippen molar-refractivity contribution in [3.63, 3.8) is 0 Å². The second-order valence-electron chi connectivity index (χ2n) is 6.93. The van der Waals surface area contributed by atoms with Crippen LogP contribution in [0.15, 0.2) is 24.4 Å².